The number of hydrogen-bond acceptors (Lipinski definition) is 2. The maximum atomic E-state index is 14.1. The van der Waals surface area contributed by atoms with Crippen LogP contribution in [0.5, 0.6) is 11.5 Å². The fourth-order valence-corrected chi connectivity index (χ4v) is 2.22. The van der Waals surface area contributed by atoms with Gasteiger partial charge in [0, 0.05) is 6.42 Å². The van der Waals surface area contributed by atoms with Gasteiger partial charge in [-0.25, -0.2) is 8.78 Å². The van der Waals surface area contributed by atoms with Crippen molar-refractivity contribution in [3.8, 4) is 11.5 Å². The van der Waals surface area contributed by atoms with Crippen LogP contribution in [0.1, 0.15) is 31.7 Å². The van der Waals surface area contributed by atoms with E-state index >= 15 is 0 Å². The van der Waals surface area contributed by atoms with Gasteiger partial charge in [-0.2, -0.15) is 0 Å². The summed E-state index contributed by atoms with van der Waals surface area (Å²) < 4.78 is 33.3. The molecular formula is C16H18F2O2. The number of phenolic OH excluding ortho intramolecular Hbond substituents is 1. The van der Waals surface area contributed by atoms with Crippen LogP contribution in [-0.2, 0) is 5.92 Å². The first kappa shape index (κ1) is 14.6. The van der Waals surface area contributed by atoms with Crippen molar-refractivity contribution in [3.05, 3.63) is 35.9 Å². The van der Waals surface area contributed by atoms with E-state index in [2.05, 4.69) is 0 Å². The van der Waals surface area contributed by atoms with E-state index in [4.69, 9.17) is 4.74 Å². The van der Waals surface area contributed by atoms with Gasteiger partial charge in [0.2, 0.25) is 0 Å². The number of hydrogen-bond donors (Lipinski definition) is 1. The summed E-state index contributed by atoms with van der Waals surface area (Å²) in [5.41, 5.74) is -0.302. The second-order valence-electron chi connectivity index (χ2n) is 4.89. The third-order valence-corrected chi connectivity index (χ3v) is 3.40. The van der Waals surface area contributed by atoms with Gasteiger partial charge < -0.3 is 9.84 Å². The quantitative estimate of drug-likeness (QED) is 0.849. The lowest BCUT2D eigenvalue weighted by molar-refractivity contribution is -0.0172. The lowest BCUT2D eigenvalue weighted by Gasteiger charge is -2.18. The van der Waals surface area contributed by atoms with Crippen LogP contribution in [0.3, 0.4) is 0 Å². The Balaban J connectivity index is 2.47. The first-order valence-electron chi connectivity index (χ1n) is 6.67. The number of halogens is 2. The van der Waals surface area contributed by atoms with Crippen molar-refractivity contribution in [2.24, 2.45) is 0 Å². The molecule has 2 rings (SSSR count). The SMILES string of the molecule is CCCCC(F)(F)c1cc2ccc(OC)cc2cc1O. The number of alkyl halides is 2. The van der Waals surface area contributed by atoms with Gasteiger partial charge in [-0.15, -0.1) is 0 Å². The summed E-state index contributed by atoms with van der Waals surface area (Å²) in [7, 11) is 1.54. The normalized spacial score (nSPS) is 11.8. The Hall–Kier alpha value is -1.84. The molecule has 0 bridgehead atoms. The minimum atomic E-state index is -3.01. The van der Waals surface area contributed by atoms with Crippen molar-refractivity contribution in [2.75, 3.05) is 7.11 Å². The summed E-state index contributed by atoms with van der Waals surface area (Å²) in [5, 5.41) is 11.2. The average Bonchev–Trinajstić information content (AvgIpc) is 2.43. The number of ether oxygens (including phenoxy) is 1. The maximum absolute atomic E-state index is 14.1. The molecule has 2 aromatic carbocycles. The van der Waals surface area contributed by atoms with Crippen LogP contribution in [-0.4, -0.2) is 12.2 Å². The summed E-state index contributed by atoms with van der Waals surface area (Å²) in [6, 6.07) is 7.87. The first-order valence-corrected chi connectivity index (χ1v) is 6.67. The number of benzene rings is 2. The van der Waals surface area contributed by atoms with Crippen LogP contribution in [0.2, 0.25) is 0 Å². The van der Waals surface area contributed by atoms with Crippen LogP contribution in [0.15, 0.2) is 30.3 Å². The van der Waals surface area contributed by atoms with Crippen LogP contribution in [0, 0.1) is 0 Å². The monoisotopic (exact) mass is 280 g/mol. The fourth-order valence-electron chi connectivity index (χ4n) is 2.22. The molecule has 0 saturated carbocycles. The molecule has 0 radical (unpaired) electrons. The van der Waals surface area contributed by atoms with Crippen molar-refractivity contribution in [1.29, 1.82) is 0 Å². The Morgan fingerprint density at radius 2 is 1.90 bits per heavy atom. The van der Waals surface area contributed by atoms with Gasteiger partial charge in [0.05, 0.1) is 12.7 Å². The molecule has 0 fully saturated rings. The first-order chi connectivity index (χ1) is 9.47. The molecular weight excluding hydrogens is 262 g/mol. The van der Waals surface area contributed by atoms with Crippen molar-refractivity contribution < 1.29 is 18.6 Å². The van der Waals surface area contributed by atoms with Gasteiger partial charge in [-0.3, -0.25) is 0 Å². The highest BCUT2D eigenvalue weighted by atomic mass is 19.3. The van der Waals surface area contributed by atoms with Crippen LogP contribution in [0.25, 0.3) is 10.8 Å². The smallest absolute Gasteiger partial charge is 0.276 e. The van der Waals surface area contributed by atoms with Gasteiger partial charge in [-0.1, -0.05) is 19.4 Å². The molecule has 20 heavy (non-hydrogen) atoms. The number of unbranched alkanes of at least 4 members (excludes halogenated alkanes) is 1. The van der Waals surface area contributed by atoms with Crippen LogP contribution < -0.4 is 4.74 Å². The van der Waals surface area contributed by atoms with E-state index in [9.17, 15) is 13.9 Å². The molecule has 0 heterocycles. The Kier molecular flexibility index (Phi) is 4.12. The topological polar surface area (TPSA) is 29.5 Å². The Morgan fingerprint density at radius 1 is 1.15 bits per heavy atom. The number of fused-ring (bicyclic) bond motifs is 1. The molecule has 0 aromatic heterocycles. The second kappa shape index (κ2) is 5.65. The lowest BCUT2D eigenvalue weighted by Crippen LogP contribution is -2.13. The maximum Gasteiger partial charge on any atom is 0.276 e. The zero-order valence-electron chi connectivity index (χ0n) is 11.6. The highest BCUT2D eigenvalue weighted by molar-refractivity contribution is 5.86. The third kappa shape index (κ3) is 2.84. The summed E-state index contributed by atoms with van der Waals surface area (Å²) in [6.07, 6.45) is 0.868. The predicted molar refractivity (Wildman–Crippen MR) is 75.6 cm³/mol. The van der Waals surface area contributed by atoms with E-state index in [1.54, 1.807) is 18.2 Å². The van der Waals surface area contributed by atoms with Gasteiger partial charge in [0.15, 0.2) is 0 Å². The molecule has 0 amide bonds. The minimum Gasteiger partial charge on any atom is -0.507 e. The van der Waals surface area contributed by atoms with Crippen LogP contribution in [0.4, 0.5) is 8.78 Å². The zero-order valence-corrected chi connectivity index (χ0v) is 11.6. The Labute approximate surface area is 117 Å². The summed E-state index contributed by atoms with van der Waals surface area (Å²) in [5.74, 6) is -2.75. The molecule has 0 aliphatic carbocycles. The van der Waals surface area contributed by atoms with E-state index in [0.717, 1.165) is 0 Å². The molecule has 2 nitrogen and oxygen atoms in total. The molecule has 0 aliphatic rings. The van der Waals surface area contributed by atoms with E-state index in [-0.39, 0.29) is 17.7 Å². The van der Waals surface area contributed by atoms with Gasteiger partial charge in [-0.05, 0) is 41.5 Å². The largest absolute Gasteiger partial charge is 0.507 e. The fraction of sp³-hybridized carbons (Fsp3) is 0.375. The molecule has 1 N–H and O–H groups in total. The molecule has 4 heteroatoms. The average molecular weight is 280 g/mol. The van der Waals surface area contributed by atoms with E-state index in [0.29, 0.717) is 29.4 Å². The van der Waals surface area contributed by atoms with Crippen molar-refractivity contribution in [1.82, 2.24) is 0 Å². The number of phenols is 1. The zero-order chi connectivity index (χ0) is 14.8. The van der Waals surface area contributed by atoms with Gasteiger partial charge in [0.25, 0.3) is 5.92 Å². The van der Waals surface area contributed by atoms with E-state index in [1.807, 2.05) is 6.92 Å². The van der Waals surface area contributed by atoms with Crippen molar-refractivity contribution >= 4 is 10.8 Å². The summed E-state index contributed by atoms with van der Waals surface area (Å²) >= 11 is 0. The third-order valence-electron chi connectivity index (χ3n) is 3.40. The standard InChI is InChI=1S/C16H18F2O2/c1-3-4-7-16(17,18)14-9-11-5-6-13(20-2)8-12(11)10-15(14)19/h5-6,8-10,19H,3-4,7H2,1-2H3. The highest BCUT2D eigenvalue weighted by Crippen LogP contribution is 2.40. The number of aromatic hydroxyl groups is 1. The molecule has 2 aromatic rings. The molecule has 0 aliphatic heterocycles. The highest BCUT2D eigenvalue weighted by Gasteiger charge is 2.33. The Morgan fingerprint density at radius 3 is 2.55 bits per heavy atom. The molecule has 0 atom stereocenters. The molecule has 0 unspecified atom stereocenters. The van der Waals surface area contributed by atoms with E-state index in [1.165, 1.54) is 19.2 Å². The summed E-state index contributed by atoms with van der Waals surface area (Å²) in [4.78, 5) is 0. The lowest BCUT2D eigenvalue weighted by atomic mass is 9.98. The molecule has 0 spiro atoms. The van der Waals surface area contributed by atoms with Crippen molar-refractivity contribution in [2.45, 2.75) is 32.1 Å². The van der Waals surface area contributed by atoms with Gasteiger partial charge >= 0.3 is 0 Å². The molecule has 0 saturated heterocycles. The summed E-state index contributed by atoms with van der Waals surface area (Å²) in [6.45, 7) is 1.86. The number of rotatable bonds is 5. The Bertz CT molecular complexity index is 609. The minimum absolute atomic E-state index is 0.251. The molecule has 108 valence electrons. The predicted octanol–water partition coefficient (Wildman–Crippen LogP) is 4.84. The van der Waals surface area contributed by atoms with Crippen LogP contribution >= 0.6 is 0 Å². The van der Waals surface area contributed by atoms with E-state index < -0.39 is 5.92 Å². The van der Waals surface area contributed by atoms with Gasteiger partial charge in [0.1, 0.15) is 11.5 Å². The second-order valence-corrected chi connectivity index (χ2v) is 4.89. The van der Waals surface area contributed by atoms with Crippen molar-refractivity contribution in [3.63, 3.8) is 0 Å². The number of methoxy groups -OCH3 is 1.